The number of hydrogen-bond acceptors (Lipinski definition) is 2. The number of rotatable bonds is 5. The maximum Gasteiger partial charge on any atom is -0.00259 e. The highest BCUT2D eigenvalue weighted by Gasteiger charge is 1.86. The lowest BCUT2D eigenvalue weighted by atomic mass is 10.2. The lowest BCUT2D eigenvalue weighted by Crippen LogP contribution is -2.18. The molecule has 0 amide bonds. The van der Waals surface area contributed by atoms with Gasteiger partial charge >= 0.3 is 0 Å². The molecular formula is C10H26N2. The smallest absolute Gasteiger partial charge is 0.00259 e. The van der Waals surface area contributed by atoms with Crippen molar-refractivity contribution in [3.63, 3.8) is 0 Å². The van der Waals surface area contributed by atoms with E-state index in [0.29, 0.717) is 0 Å². The quantitative estimate of drug-likeness (QED) is 0.665. The van der Waals surface area contributed by atoms with Crippen LogP contribution in [0.4, 0.5) is 0 Å². The van der Waals surface area contributed by atoms with E-state index in [-0.39, 0.29) is 0 Å². The summed E-state index contributed by atoms with van der Waals surface area (Å²) in [5.41, 5.74) is 0. The number of nitrogens with one attached hydrogen (secondary N) is 2. The minimum atomic E-state index is 0.792. The van der Waals surface area contributed by atoms with Gasteiger partial charge in [0.15, 0.2) is 0 Å². The van der Waals surface area contributed by atoms with Crippen LogP contribution in [0.15, 0.2) is 0 Å². The maximum absolute atomic E-state index is 3.25. The Kier molecular flexibility index (Phi) is 16.3. The van der Waals surface area contributed by atoms with Crippen molar-refractivity contribution in [1.29, 1.82) is 0 Å². The molecule has 76 valence electrons. The standard InChI is InChI=1S/C6H15N.C4H11N/c1-4-7-5-6(2)3;1-3-5-4-2/h6-7H,4-5H2,1-3H3;5H,3-4H2,1-2H3. The van der Waals surface area contributed by atoms with Gasteiger partial charge in [0.05, 0.1) is 0 Å². The van der Waals surface area contributed by atoms with Crippen LogP contribution in [0.25, 0.3) is 0 Å². The summed E-state index contributed by atoms with van der Waals surface area (Å²) in [5.74, 6) is 0.792. The highest BCUT2D eigenvalue weighted by molar-refractivity contribution is 4.46. The zero-order chi connectivity index (χ0) is 9.82. The van der Waals surface area contributed by atoms with E-state index in [1.54, 1.807) is 0 Å². The summed E-state index contributed by atoms with van der Waals surface area (Å²) >= 11 is 0. The third-order valence-corrected chi connectivity index (χ3v) is 1.30. The van der Waals surface area contributed by atoms with Crippen molar-refractivity contribution < 1.29 is 0 Å². The van der Waals surface area contributed by atoms with E-state index in [1.807, 2.05) is 0 Å². The first-order valence-electron chi connectivity index (χ1n) is 5.10. The lowest BCUT2D eigenvalue weighted by Gasteiger charge is -2.01. The van der Waals surface area contributed by atoms with Crippen LogP contribution in [0, 0.1) is 5.92 Å². The third kappa shape index (κ3) is 22.5. The molecule has 0 fully saturated rings. The lowest BCUT2D eigenvalue weighted by molar-refractivity contribution is 0.566. The molecule has 0 aliphatic heterocycles. The van der Waals surface area contributed by atoms with Crippen LogP contribution in [-0.2, 0) is 0 Å². The van der Waals surface area contributed by atoms with Gasteiger partial charge in [-0.15, -0.1) is 0 Å². The predicted molar refractivity (Wildman–Crippen MR) is 57.6 cm³/mol. The van der Waals surface area contributed by atoms with E-state index < -0.39 is 0 Å². The van der Waals surface area contributed by atoms with Crippen LogP contribution < -0.4 is 10.6 Å². The molecule has 0 aromatic carbocycles. The molecule has 0 aromatic rings. The second-order valence-electron chi connectivity index (χ2n) is 3.16. The van der Waals surface area contributed by atoms with Gasteiger partial charge in [-0.1, -0.05) is 34.6 Å². The molecule has 0 aromatic heterocycles. The first kappa shape index (κ1) is 14.4. The fraction of sp³-hybridized carbons (Fsp3) is 1.00. The van der Waals surface area contributed by atoms with Crippen LogP contribution in [0.3, 0.4) is 0 Å². The van der Waals surface area contributed by atoms with Crippen molar-refractivity contribution in [2.75, 3.05) is 26.2 Å². The largest absolute Gasteiger partial charge is 0.317 e. The fourth-order valence-electron chi connectivity index (χ4n) is 0.683. The van der Waals surface area contributed by atoms with E-state index in [4.69, 9.17) is 0 Å². The first-order chi connectivity index (χ1) is 5.68. The molecule has 0 radical (unpaired) electrons. The Balaban J connectivity index is 0. The van der Waals surface area contributed by atoms with Crippen LogP contribution in [0.5, 0.6) is 0 Å². The maximum atomic E-state index is 3.25. The Morgan fingerprint density at radius 1 is 0.833 bits per heavy atom. The van der Waals surface area contributed by atoms with Gasteiger partial charge in [0.1, 0.15) is 0 Å². The molecule has 12 heavy (non-hydrogen) atoms. The zero-order valence-corrected chi connectivity index (χ0v) is 9.41. The molecule has 2 nitrogen and oxygen atoms in total. The monoisotopic (exact) mass is 174 g/mol. The summed E-state index contributed by atoms with van der Waals surface area (Å²) in [6.45, 7) is 15.2. The molecule has 0 spiro atoms. The van der Waals surface area contributed by atoms with E-state index in [2.05, 4.69) is 45.3 Å². The molecule has 0 saturated carbocycles. The average Bonchev–Trinajstić information content (AvgIpc) is 2.03. The normalized spacial score (nSPS) is 9.50. The summed E-state index contributed by atoms with van der Waals surface area (Å²) in [5, 5.41) is 6.36. The Hall–Kier alpha value is -0.0800. The minimum absolute atomic E-state index is 0.792. The molecule has 0 heterocycles. The van der Waals surface area contributed by atoms with Gasteiger partial charge < -0.3 is 10.6 Å². The van der Waals surface area contributed by atoms with Gasteiger partial charge in [-0.3, -0.25) is 0 Å². The summed E-state index contributed by atoms with van der Waals surface area (Å²) in [7, 11) is 0. The van der Waals surface area contributed by atoms with Crippen molar-refractivity contribution in [3.05, 3.63) is 0 Å². The van der Waals surface area contributed by atoms with Crippen molar-refractivity contribution in [3.8, 4) is 0 Å². The third-order valence-electron chi connectivity index (χ3n) is 1.30. The Labute approximate surface area is 78.1 Å². The van der Waals surface area contributed by atoms with Crippen LogP contribution in [-0.4, -0.2) is 26.2 Å². The molecule has 0 aliphatic carbocycles. The topological polar surface area (TPSA) is 24.1 Å². The highest BCUT2D eigenvalue weighted by Crippen LogP contribution is 1.84. The van der Waals surface area contributed by atoms with Gasteiger partial charge in [0.25, 0.3) is 0 Å². The zero-order valence-electron chi connectivity index (χ0n) is 9.41. The molecule has 0 unspecified atom stereocenters. The summed E-state index contributed by atoms with van der Waals surface area (Å²) in [6, 6.07) is 0. The van der Waals surface area contributed by atoms with Crippen LogP contribution in [0.1, 0.15) is 34.6 Å². The van der Waals surface area contributed by atoms with Gasteiger partial charge in [-0.2, -0.15) is 0 Å². The van der Waals surface area contributed by atoms with Gasteiger partial charge in [0, 0.05) is 0 Å². The van der Waals surface area contributed by atoms with Crippen molar-refractivity contribution in [1.82, 2.24) is 10.6 Å². The number of hydrogen-bond donors (Lipinski definition) is 2. The van der Waals surface area contributed by atoms with Gasteiger partial charge in [-0.25, -0.2) is 0 Å². The summed E-state index contributed by atoms with van der Waals surface area (Å²) in [4.78, 5) is 0. The Bertz CT molecular complexity index is 60.9. The van der Waals surface area contributed by atoms with Crippen molar-refractivity contribution in [2.24, 2.45) is 5.92 Å². The van der Waals surface area contributed by atoms with E-state index in [1.165, 1.54) is 0 Å². The van der Waals surface area contributed by atoms with Crippen molar-refractivity contribution in [2.45, 2.75) is 34.6 Å². The highest BCUT2D eigenvalue weighted by atomic mass is 14.8. The summed E-state index contributed by atoms with van der Waals surface area (Å²) < 4.78 is 0. The van der Waals surface area contributed by atoms with Crippen molar-refractivity contribution >= 4 is 0 Å². The van der Waals surface area contributed by atoms with E-state index in [0.717, 1.165) is 32.1 Å². The molecule has 0 atom stereocenters. The summed E-state index contributed by atoms with van der Waals surface area (Å²) in [6.07, 6.45) is 0. The molecule has 0 saturated heterocycles. The molecular weight excluding hydrogens is 148 g/mol. The van der Waals surface area contributed by atoms with Crippen LogP contribution >= 0.6 is 0 Å². The first-order valence-corrected chi connectivity index (χ1v) is 5.10. The average molecular weight is 174 g/mol. The second kappa shape index (κ2) is 13.5. The Morgan fingerprint density at radius 2 is 1.25 bits per heavy atom. The van der Waals surface area contributed by atoms with Gasteiger partial charge in [0.2, 0.25) is 0 Å². The van der Waals surface area contributed by atoms with E-state index in [9.17, 15) is 0 Å². The second-order valence-corrected chi connectivity index (χ2v) is 3.16. The Morgan fingerprint density at radius 3 is 1.33 bits per heavy atom. The molecule has 2 heteroatoms. The molecule has 0 aliphatic rings. The molecule has 0 bridgehead atoms. The fourth-order valence-corrected chi connectivity index (χ4v) is 0.683. The molecule has 2 N–H and O–H groups in total. The van der Waals surface area contributed by atoms with Gasteiger partial charge in [-0.05, 0) is 32.1 Å². The van der Waals surface area contributed by atoms with Crippen LogP contribution in [0.2, 0.25) is 0 Å². The SMILES string of the molecule is CCNCC.CCNCC(C)C. The minimum Gasteiger partial charge on any atom is -0.317 e. The van der Waals surface area contributed by atoms with E-state index >= 15 is 0 Å². The molecule has 0 rings (SSSR count). The predicted octanol–water partition coefficient (Wildman–Crippen LogP) is 1.87.